The molecule has 4 rings (SSSR count). The molecule has 1 N–H and O–H groups in total. The van der Waals surface area contributed by atoms with Crippen LogP contribution in [0.2, 0.25) is 0 Å². The average molecular weight is 632 g/mol. The fraction of sp³-hybridized carbons (Fsp3) is 0.385. The molecule has 0 atom stereocenters. The van der Waals surface area contributed by atoms with Crippen molar-refractivity contribution in [3.8, 4) is 0 Å². The van der Waals surface area contributed by atoms with Crippen molar-refractivity contribution in [2.24, 2.45) is 0 Å². The summed E-state index contributed by atoms with van der Waals surface area (Å²) in [4.78, 5) is 0.0610. The smallest absolute Gasteiger partial charge is 0.282 e. The van der Waals surface area contributed by atoms with Gasteiger partial charge in [0.25, 0.3) is 10.1 Å². The Bertz CT molecular complexity index is 1330. The van der Waals surface area contributed by atoms with Gasteiger partial charge in [-0.15, -0.1) is 0 Å². The van der Waals surface area contributed by atoms with Gasteiger partial charge in [-0.1, -0.05) is 144 Å². The highest BCUT2D eigenvalue weighted by Crippen LogP contribution is 2.55. The van der Waals surface area contributed by atoms with E-state index < -0.39 is 17.4 Å². The van der Waals surface area contributed by atoms with Crippen molar-refractivity contribution < 1.29 is 13.0 Å². The predicted octanol–water partition coefficient (Wildman–Crippen LogP) is 9.79. The molecule has 0 fully saturated rings. The lowest BCUT2D eigenvalue weighted by Crippen LogP contribution is -2.33. The maximum absolute atomic E-state index is 11.3. The highest BCUT2D eigenvalue weighted by Gasteiger charge is 2.44. The molecule has 0 aliphatic heterocycles. The Kier molecular flexibility index (Phi) is 15.9. The summed E-state index contributed by atoms with van der Waals surface area (Å²) in [7, 11) is -5.65. The van der Waals surface area contributed by atoms with Gasteiger partial charge in [0.05, 0.1) is 11.1 Å². The number of benzene rings is 4. The molecule has 0 aliphatic carbocycles. The topological polar surface area (TPSA) is 54.4 Å². The van der Waals surface area contributed by atoms with Crippen LogP contribution in [0.4, 0.5) is 0 Å². The molecule has 236 valence electrons. The normalized spacial score (nSPS) is 11.5. The minimum atomic E-state index is -4.10. The lowest BCUT2D eigenvalue weighted by Gasteiger charge is -2.27. The van der Waals surface area contributed by atoms with Gasteiger partial charge in [-0.05, 0) is 67.3 Å². The first-order valence-electron chi connectivity index (χ1n) is 16.5. The monoisotopic (exact) mass is 631 g/mol. The zero-order valence-corrected chi connectivity index (χ0v) is 28.5. The van der Waals surface area contributed by atoms with Crippen LogP contribution in [0.1, 0.15) is 90.0 Å². The summed E-state index contributed by atoms with van der Waals surface area (Å²) in [6, 6.07) is 39.9. The van der Waals surface area contributed by atoms with Gasteiger partial charge >= 0.3 is 0 Å². The van der Waals surface area contributed by atoms with Crippen molar-refractivity contribution in [2.75, 3.05) is 6.16 Å². The summed E-state index contributed by atoms with van der Waals surface area (Å²) in [6.45, 7) is 4.53. The molecule has 0 spiro atoms. The van der Waals surface area contributed by atoms with Crippen LogP contribution in [0.15, 0.2) is 120 Å². The van der Waals surface area contributed by atoms with Gasteiger partial charge in [-0.2, -0.15) is 8.42 Å². The number of hydrogen-bond acceptors (Lipinski definition) is 2. The molecule has 0 saturated carbocycles. The van der Waals surface area contributed by atoms with E-state index >= 15 is 0 Å². The molecule has 0 unspecified atom stereocenters. The van der Waals surface area contributed by atoms with Gasteiger partial charge in [0.1, 0.15) is 23.2 Å². The molecular weight excluding hydrogens is 579 g/mol. The van der Waals surface area contributed by atoms with Crippen LogP contribution in [0.3, 0.4) is 0 Å². The zero-order valence-electron chi connectivity index (χ0n) is 26.8. The van der Waals surface area contributed by atoms with E-state index in [4.69, 9.17) is 0 Å². The molecule has 0 aliphatic rings. The Morgan fingerprint density at radius 1 is 0.500 bits per heavy atom. The van der Waals surface area contributed by atoms with Crippen molar-refractivity contribution >= 4 is 33.3 Å². The lowest BCUT2D eigenvalue weighted by atomic mass is 10.0. The summed E-state index contributed by atoms with van der Waals surface area (Å²) in [6.07, 6.45) is 15.7. The number of unbranched alkanes of at least 4 members (excludes halogenated alkanes) is 9. The summed E-state index contributed by atoms with van der Waals surface area (Å²) in [5.41, 5.74) is 0.726. The van der Waals surface area contributed by atoms with E-state index in [2.05, 4.69) is 105 Å². The second-order valence-electron chi connectivity index (χ2n) is 11.6. The highest BCUT2D eigenvalue weighted by atomic mass is 32.2. The van der Waals surface area contributed by atoms with Crippen LogP contribution < -0.4 is 15.9 Å². The third-order valence-electron chi connectivity index (χ3n) is 8.20. The van der Waals surface area contributed by atoms with Gasteiger partial charge in [-0.3, -0.25) is 4.55 Å². The van der Waals surface area contributed by atoms with Gasteiger partial charge in [0.15, 0.2) is 0 Å². The Morgan fingerprint density at radius 3 is 1.30 bits per heavy atom. The Hall–Kier alpha value is -2.78. The maximum atomic E-state index is 11.3. The van der Waals surface area contributed by atoms with Crippen LogP contribution in [-0.4, -0.2) is 19.1 Å². The molecule has 0 saturated heterocycles. The molecule has 0 aromatic heterocycles. The molecule has 4 aromatic carbocycles. The van der Waals surface area contributed by atoms with Gasteiger partial charge in [0, 0.05) is 0 Å². The van der Waals surface area contributed by atoms with Crippen molar-refractivity contribution in [1.82, 2.24) is 0 Å². The summed E-state index contributed by atoms with van der Waals surface area (Å²) < 4.78 is 31.8. The van der Waals surface area contributed by atoms with Crippen molar-refractivity contribution in [3.05, 3.63) is 121 Å². The Morgan fingerprint density at radius 2 is 0.886 bits per heavy atom. The standard InChI is InChI=1S/C21H22P.C18H30O3S/c1-2-18-22(19-12-6-3-7-13-19,20-14-8-4-9-15-20)21-16-10-5-11-17-21;1-2-3-4-5-6-7-8-9-10-11-14-17-15-12-13-16-18(17)22(19,20)21/h3-17H,2,18H2,1H3;12-13,15-16H,2-11,14H2,1H3,(H,19,20,21)/q+1;. The highest BCUT2D eigenvalue weighted by molar-refractivity contribution is 7.95. The van der Waals surface area contributed by atoms with E-state index in [1.165, 1.54) is 85.9 Å². The van der Waals surface area contributed by atoms with E-state index in [0.29, 0.717) is 6.42 Å². The van der Waals surface area contributed by atoms with Gasteiger partial charge < -0.3 is 0 Å². The minimum Gasteiger partial charge on any atom is -0.282 e. The minimum absolute atomic E-state index is 0.0610. The molecular formula is C39H52O3PS+. The van der Waals surface area contributed by atoms with Gasteiger partial charge in [0.2, 0.25) is 0 Å². The molecule has 4 aromatic rings. The third-order valence-corrected chi connectivity index (χ3v) is 13.8. The van der Waals surface area contributed by atoms with Crippen molar-refractivity contribution in [2.45, 2.75) is 95.8 Å². The number of aryl methyl sites for hydroxylation is 1. The number of hydrogen-bond donors (Lipinski definition) is 1. The Labute approximate surface area is 268 Å². The second-order valence-corrected chi connectivity index (χ2v) is 16.6. The average Bonchev–Trinajstić information content (AvgIpc) is 3.06. The van der Waals surface area contributed by atoms with Crippen LogP contribution in [0, 0.1) is 0 Å². The van der Waals surface area contributed by atoms with E-state index in [-0.39, 0.29) is 4.90 Å². The fourth-order valence-electron chi connectivity index (χ4n) is 5.98. The van der Waals surface area contributed by atoms with Crippen LogP contribution in [0.5, 0.6) is 0 Å². The molecule has 44 heavy (non-hydrogen) atoms. The summed E-state index contributed by atoms with van der Waals surface area (Å²) in [5.74, 6) is 0. The molecule has 5 heteroatoms. The zero-order chi connectivity index (χ0) is 31.5. The molecule has 0 heterocycles. The predicted molar refractivity (Wildman–Crippen MR) is 192 cm³/mol. The van der Waals surface area contributed by atoms with E-state index in [1.54, 1.807) is 12.1 Å². The van der Waals surface area contributed by atoms with Crippen LogP contribution >= 0.6 is 7.26 Å². The third kappa shape index (κ3) is 11.0. The number of rotatable bonds is 17. The fourth-order valence-corrected chi connectivity index (χ4v) is 11.1. The van der Waals surface area contributed by atoms with Crippen LogP contribution in [0.25, 0.3) is 0 Å². The maximum Gasteiger partial charge on any atom is 0.294 e. The first-order valence-corrected chi connectivity index (χ1v) is 19.9. The summed E-state index contributed by atoms with van der Waals surface area (Å²) in [5, 5.41) is 4.44. The lowest BCUT2D eigenvalue weighted by molar-refractivity contribution is 0.481. The van der Waals surface area contributed by atoms with Gasteiger partial charge in [-0.25, -0.2) is 0 Å². The van der Waals surface area contributed by atoms with Crippen LogP contribution in [-0.2, 0) is 16.5 Å². The van der Waals surface area contributed by atoms with E-state index in [0.717, 1.165) is 18.4 Å². The first-order chi connectivity index (χ1) is 21.4. The van der Waals surface area contributed by atoms with E-state index in [1.807, 2.05) is 6.07 Å². The van der Waals surface area contributed by atoms with Crippen molar-refractivity contribution in [3.63, 3.8) is 0 Å². The van der Waals surface area contributed by atoms with E-state index in [9.17, 15) is 13.0 Å². The second kappa shape index (κ2) is 19.6. The molecule has 3 nitrogen and oxygen atoms in total. The Balaban J connectivity index is 0.000000240. The molecule has 0 radical (unpaired) electrons. The molecule has 0 amide bonds. The van der Waals surface area contributed by atoms with Crippen molar-refractivity contribution in [1.29, 1.82) is 0 Å². The SMILES string of the molecule is CCCCCCCCCCCCc1ccccc1S(=O)(=O)O.CCC[P+](c1ccccc1)(c1ccccc1)c1ccccc1. The summed E-state index contributed by atoms with van der Waals surface area (Å²) >= 11 is 0. The molecule has 0 bridgehead atoms. The first kappa shape index (κ1) is 35.7. The largest absolute Gasteiger partial charge is 0.294 e. The quantitative estimate of drug-likeness (QED) is 0.0717.